The summed E-state index contributed by atoms with van der Waals surface area (Å²) in [5.41, 5.74) is 1.07. The molecule has 3 aromatic rings. The van der Waals surface area contributed by atoms with Crippen molar-refractivity contribution in [3.05, 3.63) is 47.2 Å². The molecule has 0 aliphatic carbocycles. The normalized spacial score (nSPS) is 11.2. The van der Waals surface area contributed by atoms with Crippen molar-refractivity contribution < 1.29 is 4.52 Å². The Bertz CT molecular complexity index is 686. The molecule has 0 unspecified atom stereocenters. The quantitative estimate of drug-likeness (QED) is 0.727. The van der Waals surface area contributed by atoms with Gasteiger partial charge in [-0.3, -0.25) is 0 Å². The molecule has 0 spiro atoms. The zero-order chi connectivity index (χ0) is 12.5. The molecule has 18 heavy (non-hydrogen) atoms. The van der Waals surface area contributed by atoms with E-state index in [2.05, 4.69) is 10.1 Å². The van der Waals surface area contributed by atoms with E-state index in [9.17, 15) is 0 Å². The van der Waals surface area contributed by atoms with Gasteiger partial charge in [-0.1, -0.05) is 29.7 Å². The van der Waals surface area contributed by atoms with E-state index >= 15 is 0 Å². The zero-order valence-electron chi connectivity index (χ0n) is 9.93. The molecule has 3 rings (SSSR count). The lowest BCUT2D eigenvalue weighted by molar-refractivity contribution is 0.368. The fourth-order valence-electron chi connectivity index (χ4n) is 1.94. The van der Waals surface area contributed by atoms with Gasteiger partial charge in [0.2, 0.25) is 5.89 Å². The van der Waals surface area contributed by atoms with Crippen LogP contribution in [0.4, 0.5) is 0 Å². The Morgan fingerprint density at radius 1 is 1.33 bits per heavy atom. The number of nitrogens with zero attached hydrogens (tertiary/aromatic N) is 3. The van der Waals surface area contributed by atoms with Crippen molar-refractivity contribution in [2.75, 3.05) is 0 Å². The van der Waals surface area contributed by atoms with Crippen molar-refractivity contribution in [1.29, 1.82) is 0 Å². The summed E-state index contributed by atoms with van der Waals surface area (Å²) < 4.78 is 7.24. The Labute approximate surface area is 109 Å². The van der Waals surface area contributed by atoms with Gasteiger partial charge in [-0.25, -0.2) is 0 Å². The van der Waals surface area contributed by atoms with Gasteiger partial charge in [0.15, 0.2) is 5.82 Å². The number of hydrogen-bond donors (Lipinski definition) is 0. The highest BCUT2D eigenvalue weighted by Crippen LogP contribution is 2.21. The molecule has 2 aromatic heterocycles. The number of aryl methyl sites for hydroxylation is 1. The van der Waals surface area contributed by atoms with E-state index in [-0.39, 0.29) is 0 Å². The molecule has 0 radical (unpaired) electrons. The SMILES string of the molecule is CCc1noc(Cn2ccc3ccc(Cl)cc32)n1. The monoisotopic (exact) mass is 261 g/mol. The van der Waals surface area contributed by atoms with Crippen LogP contribution in [0.15, 0.2) is 35.0 Å². The Kier molecular flexibility index (Phi) is 2.80. The summed E-state index contributed by atoms with van der Waals surface area (Å²) in [5.74, 6) is 1.35. The van der Waals surface area contributed by atoms with Gasteiger partial charge in [0.05, 0.1) is 0 Å². The first-order valence-corrected chi connectivity index (χ1v) is 6.20. The summed E-state index contributed by atoms with van der Waals surface area (Å²) in [7, 11) is 0. The Morgan fingerprint density at radius 3 is 3.00 bits per heavy atom. The molecule has 0 bridgehead atoms. The summed E-state index contributed by atoms with van der Waals surface area (Å²) in [5, 5.41) is 5.76. The van der Waals surface area contributed by atoms with E-state index in [1.807, 2.05) is 42.0 Å². The second kappa shape index (κ2) is 4.46. The fourth-order valence-corrected chi connectivity index (χ4v) is 2.10. The molecule has 92 valence electrons. The van der Waals surface area contributed by atoms with E-state index in [4.69, 9.17) is 16.1 Å². The van der Waals surface area contributed by atoms with Gasteiger partial charge < -0.3 is 9.09 Å². The van der Waals surface area contributed by atoms with Crippen LogP contribution in [0.5, 0.6) is 0 Å². The molecular weight excluding hydrogens is 250 g/mol. The molecule has 0 saturated carbocycles. The lowest BCUT2D eigenvalue weighted by Crippen LogP contribution is -1.98. The van der Waals surface area contributed by atoms with Crippen LogP contribution in [0.25, 0.3) is 10.9 Å². The van der Waals surface area contributed by atoms with Crippen LogP contribution in [-0.4, -0.2) is 14.7 Å². The highest BCUT2D eigenvalue weighted by atomic mass is 35.5. The number of benzene rings is 1. The third-order valence-corrected chi connectivity index (χ3v) is 3.10. The largest absolute Gasteiger partial charge is 0.338 e. The van der Waals surface area contributed by atoms with Gasteiger partial charge >= 0.3 is 0 Å². The lowest BCUT2D eigenvalue weighted by atomic mass is 10.2. The summed E-state index contributed by atoms with van der Waals surface area (Å²) in [4.78, 5) is 4.30. The van der Waals surface area contributed by atoms with Crippen molar-refractivity contribution in [1.82, 2.24) is 14.7 Å². The topological polar surface area (TPSA) is 43.9 Å². The van der Waals surface area contributed by atoms with E-state index in [1.54, 1.807) is 0 Å². The van der Waals surface area contributed by atoms with Crippen molar-refractivity contribution >= 4 is 22.5 Å². The van der Waals surface area contributed by atoms with Gasteiger partial charge in [-0.2, -0.15) is 4.98 Å². The number of halogens is 1. The molecule has 0 N–H and O–H groups in total. The van der Waals surface area contributed by atoms with E-state index in [0.29, 0.717) is 12.4 Å². The molecule has 1 aromatic carbocycles. The van der Waals surface area contributed by atoms with Crippen LogP contribution >= 0.6 is 11.6 Å². The Balaban J connectivity index is 1.96. The minimum absolute atomic E-state index is 0.566. The summed E-state index contributed by atoms with van der Waals surface area (Å²) in [6.07, 6.45) is 2.78. The van der Waals surface area contributed by atoms with Crippen molar-refractivity contribution in [2.24, 2.45) is 0 Å². The average Bonchev–Trinajstić information content (AvgIpc) is 2.97. The number of hydrogen-bond acceptors (Lipinski definition) is 3. The number of fused-ring (bicyclic) bond motifs is 1. The molecule has 2 heterocycles. The van der Waals surface area contributed by atoms with Crippen LogP contribution in [0.3, 0.4) is 0 Å². The highest BCUT2D eigenvalue weighted by molar-refractivity contribution is 6.31. The molecule has 4 nitrogen and oxygen atoms in total. The predicted molar refractivity (Wildman–Crippen MR) is 69.7 cm³/mol. The van der Waals surface area contributed by atoms with Crippen LogP contribution < -0.4 is 0 Å². The molecule has 0 aliphatic heterocycles. The molecule has 5 heteroatoms. The Hall–Kier alpha value is -1.81. The van der Waals surface area contributed by atoms with E-state index in [0.717, 1.165) is 28.2 Å². The average molecular weight is 262 g/mol. The molecule has 0 saturated heterocycles. The van der Waals surface area contributed by atoms with Crippen LogP contribution in [-0.2, 0) is 13.0 Å². The fraction of sp³-hybridized carbons (Fsp3) is 0.231. The minimum Gasteiger partial charge on any atom is -0.338 e. The van der Waals surface area contributed by atoms with Crippen LogP contribution in [0, 0.1) is 0 Å². The maximum atomic E-state index is 6.01. The van der Waals surface area contributed by atoms with E-state index in [1.165, 1.54) is 0 Å². The molecule has 0 amide bonds. The third kappa shape index (κ3) is 1.99. The first-order valence-electron chi connectivity index (χ1n) is 5.82. The molecular formula is C13H12ClN3O. The molecule has 0 atom stereocenters. The number of rotatable bonds is 3. The van der Waals surface area contributed by atoms with Crippen molar-refractivity contribution in [3.8, 4) is 0 Å². The van der Waals surface area contributed by atoms with Gasteiger partial charge in [0, 0.05) is 23.2 Å². The van der Waals surface area contributed by atoms with Gasteiger partial charge in [-0.05, 0) is 23.6 Å². The summed E-state index contributed by atoms with van der Waals surface area (Å²) in [6.45, 7) is 2.57. The van der Waals surface area contributed by atoms with Crippen molar-refractivity contribution in [3.63, 3.8) is 0 Å². The second-order valence-corrected chi connectivity index (χ2v) is 4.54. The Morgan fingerprint density at radius 2 is 2.22 bits per heavy atom. The van der Waals surface area contributed by atoms with Crippen molar-refractivity contribution in [2.45, 2.75) is 19.9 Å². The lowest BCUT2D eigenvalue weighted by Gasteiger charge is -2.01. The first-order chi connectivity index (χ1) is 8.76. The maximum absolute atomic E-state index is 6.01. The second-order valence-electron chi connectivity index (χ2n) is 4.10. The first kappa shape index (κ1) is 11.3. The predicted octanol–water partition coefficient (Wildman–Crippen LogP) is 3.29. The third-order valence-electron chi connectivity index (χ3n) is 2.87. The van der Waals surface area contributed by atoms with Gasteiger partial charge in [0.25, 0.3) is 0 Å². The highest BCUT2D eigenvalue weighted by Gasteiger charge is 2.08. The van der Waals surface area contributed by atoms with Gasteiger partial charge in [0.1, 0.15) is 6.54 Å². The number of aromatic nitrogens is 3. The summed E-state index contributed by atoms with van der Waals surface area (Å²) >= 11 is 6.01. The van der Waals surface area contributed by atoms with E-state index < -0.39 is 0 Å². The smallest absolute Gasteiger partial charge is 0.246 e. The van der Waals surface area contributed by atoms with Gasteiger partial charge in [-0.15, -0.1) is 0 Å². The minimum atomic E-state index is 0.566. The molecule has 0 aliphatic rings. The summed E-state index contributed by atoms with van der Waals surface area (Å²) in [6, 6.07) is 7.87. The standard InChI is InChI=1S/C13H12ClN3O/c1-2-12-15-13(18-16-12)8-17-6-5-9-3-4-10(14)7-11(9)17/h3-7H,2,8H2,1H3. The molecule has 0 fully saturated rings. The zero-order valence-corrected chi connectivity index (χ0v) is 10.7. The van der Waals surface area contributed by atoms with Crippen LogP contribution in [0.2, 0.25) is 5.02 Å². The van der Waals surface area contributed by atoms with Crippen LogP contribution in [0.1, 0.15) is 18.6 Å². The maximum Gasteiger partial charge on any atom is 0.246 e.